The van der Waals surface area contributed by atoms with Crippen LogP contribution in [0.3, 0.4) is 0 Å². The maximum absolute atomic E-state index is 12.3. The van der Waals surface area contributed by atoms with Crippen molar-refractivity contribution >= 4 is 6.03 Å². The van der Waals surface area contributed by atoms with Crippen LogP contribution in [0.1, 0.15) is 31.2 Å². The molecule has 2 N–H and O–H groups in total. The fourth-order valence-corrected chi connectivity index (χ4v) is 3.77. The minimum atomic E-state index is 0.124. The maximum atomic E-state index is 12.3. The lowest BCUT2D eigenvalue weighted by atomic mass is 9.79. The number of hydrogen-bond acceptors (Lipinski definition) is 2. The average Bonchev–Trinajstić information content (AvgIpc) is 3.00. The van der Waals surface area contributed by atoms with E-state index >= 15 is 0 Å². The van der Waals surface area contributed by atoms with Gasteiger partial charge in [0, 0.05) is 31.6 Å². The summed E-state index contributed by atoms with van der Waals surface area (Å²) in [5.41, 5.74) is 1.69. The second-order valence-corrected chi connectivity index (χ2v) is 6.77. The van der Waals surface area contributed by atoms with Crippen molar-refractivity contribution in [3.05, 3.63) is 35.9 Å². The second kappa shape index (κ2) is 7.14. The fourth-order valence-electron chi connectivity index (χ4n) is 3.77. The van der Waals surface area contributed by atoms with E-state index in [1.807, 2.05) is 11.0 Å². The van der Waals surface area contributed by atoms with E-state index in [4.69, 9.17) is 0 Å². The van der Waals surface area contributed by atoms with Gasteiger partial charge in [-0.15, -0.1) is 0 Å². The Morgan fingerprint density at radius 2 is 2.14 bits per heavy atom. The standard InChI is InChI=1S/C18H27N3O/c22-17(20-11-4-8-16-6-2-1-3-7-16)21-13-5-9-18(15-21)10-12-19-14-18/h1-3,6-7,19H,4-5,8-15H2,(H,20,22)/t18-/m0/s1. The quantitative estimate of drug-likeness (QED) is 0.839. The lowest BCUT2D eigenvalue weighted by molar-refractivity contribution is 0.118. The zero-order chi connectivity index (χ0) is 15.3. The van der Waals surface area contributed by atoms with Crippen molar-refractivity contribution in [3.8, 4) is 0 Å². The van der Waals surface area contributed by atoms with Crippen molar-refractivity contribution in [2.24, 2.45) is 5.41 Å². The number of benzene rings is 1. The normalized spacial score (nSPS) is 24.6. The summed E-state index contributed by atoms with van der Waals surface area (Å²) in [5, 5.41) is 6.55. The van der Waals surface area contributed by atoms with E-state index in [1.165, 1.54) is 18.4 Å². The van der Waals surface area contributed by atoms with Gasteiger partial charge in [0.25, 0.3) is 0 Å². The Kier molecular flexibility index (Phi) is 4.98. The molecule has 1 atom stereocenters. The highest BCUT2D eigenvalue weighted by Crippen LogP contribution is 2.35. The Balaban J connectivity index is 1.40. The molecule has 4 nitrogen and oxygen atoms in total. The molecule has 0 unspecified atom stereocenters. The van der Waals surface area contributed by atoms with Crippen LogP contribution in [0.15, 0.2) is 30.3 Å². The molecular formula is C18H27N3O. The molecule has 22 heavy (non-hydrogen) atoms. The van der Waals surface area contributed by atoms with E-state index < -0.39 is 0 Å². The van der Waals surface area contributed by atoms with E-state index in [0.717, 1.165) is 52.0 Å². The Labute approximate surface area is 133 Å². The van der Waals surface area contributed by atoms with Crippen LogP contribution in [0.25, 0.3) is 0 Å². The van der Waals surface area contributed by atoms with Crippen molar-refractivity contribution in [1.82, 2.24) is 15.5 Å². The van der Waals surface area contributed by atoms with E-state index in [0.29, 0.717) is 5.41 Å². The maximum Gasteiger partial charge on any atom is 0.317 e. The molecule has 1 spiro atoms. The Morgan fingerprint density at radius 1 is 1.27 bits per heavy atom. The minimum absolute atomic E-state index is 0.124. The van der Waals surface area contributed by atoms with Crippen LogP contribution in [0.5, 0.6) is 0 Å². The lowest BCUT2D eigenvalue weighted by Gasteiger charge is -2.39. The molecule has 2 aliphatic rings. The highest BCUT2D eigenvalue weighted by Gasteiger charge is 2.39. The summed E-state index contributed by atoms with van der Waals surface area (Å²) >= 11 is 0. The van der Waals surface area contributed by atoms with Crippen molar-refractivity contribution < 1.29 is 4.79 Å². The van der Waals surface area contributed by atoms with Crippen molar-refractivity contribution in [1.29, 1.82) is 0 Å². The molecule has 1 aromatic carbocycles. The lowest BCUT2D eigenvalue weighted by Crippen LogP contribution is -2.50. The number of aryl methyl sites for hydroxylation is 1. The number of carbonyl (C=O) groups excluding carboxylic acids is 1. The summed E-state index contributed by atoms with van der Waals surface area (Å²) < 4.78 is 0. The molecule has 2 aliphatic heterocycles. The average molecular weight is 301 g/mol. The molecule has 120 valence electrons. The molecular weight excluding hydrogens is 274 g/mol. The third kappa shape index (κ3) is 3.80. The van der Waals surface area contributed by atoms with Gasteiger partial charge in [0.15, 0.2) is 0 Å². The summed E-state index contributed by atoms with van der Waals surface area (Å²) in [5.74, 6) is 0. The molecule has 3 rings (SSSR count). The number of carbonyl (C=O) groups is 1. The van der Waals surface area contributed by atoms with E-state index in [2.05, 4.69) is 34.9 Å². The van der Waals surface area contributed by atoms with Gasteiger partial charge in [-0.3, -0.25) is 0 Å². The molecule has 2 fully saturated rings. The highest BCUT2D eigenvalue weighted by molar-refractivity contribution is 5.74. The topological polar surface area (TPSA) is 44.4 Å². The first-order valence-electron chi connectivity index (χ1n) is 8.55. The molecule has 0 saturated carbocycles. The van der Waals surface area contributed by atoms with Gasteiger partial charge in [-0.05, 0) is 44.2 Å². The minimum Gasteiger partial charge on any atom is -0.338 e. The first kappa shape index (κ1) is 15.3. The monoisotopic (exact) mass is 301 g/mol. The number of likely N-dealkylation sites (tertiary alicyclic amines) is 1. The van der Waals surface area contributed by atoms with Crippen LogP contribution in [-0.4, -0.2) is 43.7 Å². The molecule has 0 aliphatic carbocycles. The second-order valence-electron chi connectivity index (χ2n) is 6.77. The summed E-state index contributed by atoms with van der Waals surface area (Å²) in [6.07, 6.45) is 5.63. The first-order valence-corrected chi connectivity index (χ1v) is 8.55. The Hall–Kier alpha value is -1.55. The Morgan fingerprint density at radius 3 is 2.91 bits per heavy atom. The largest absolute Gasteiger partial charge is 0.338 e. The van der Waals surface area contributed by atoms with Crippen molar-refractivity contribution in [3.63, 3.8) is 0 Å². The van der Waals surface area contributed by atoms with Crippen LogP contribution in [0.2, 0.25) is 0 Å². The third-order valence-corrected chi connectivity index (χ3v) is 5.04. The van der Waals surface area contributed by atoms with E-state index in [9.17, 15) is 4.79 Å². The van der Waals surface area contributed by atoms with Crippen LogP contribution >= 0.6 is 0 Å². The van der Waals surface area contributed by atoms with Crippen LogP contribution < -0.4 is 10.6 Å². The number of piperidine rings is 1. The fraction of sp³-hybridized carbons (Fsp3) is 0.611. The Bertz CT molecular complexity index is 482. The molecule has 1 aromatic rings. The van der Waals surface area contributed by atoms with Gasteiger partial charge in [0.2, 0.25) is 0 Å². The number of urea groups is 1. The van der Waals surface area contributed by atoms with Crippen LogP contribution in [0.4, 0.5) is 4.79 Å². The molecule has 2 amide bonds. The number of amides is 2. The number of nitrogens with zero attached hydrogens (tertiary/aromatic N) is 1. The zero-order valence-corrected chi connectivity index (χ0v) is 13.3. The summed E-state index contributed by atoms with van der Waals surface area (Å²) in [6, 6.07) is 10.6. The molecule has 0 radical (unpaired) electrons. The predicted octanol–water partition coefficient (Wildman–Crippen LogP) is 2.40. The van der Waals surface area contributed by atoms with E-state index in [1.54, 1.807) is 0 Å². The summed E-state index contributed by atoms with van der Waals surface area (Å²) in [4.78, 5) is 14.4. The number of nitrogens with one attached hydrogen (secondary N) is 2. The first-order chi connectivity index (χ1) is 10.8. The summed E-state index contributed by atoms with van der Waals surface area (Å²) in [6.45, 7) is 4.77. The molecule has 4 heteroatoms. The van der Waals surface area contributed by atoms with Crippen molar-refractivity contribution in [2.45, 2.75) is 32.1 Å². The van der Waals surface area contributed by atoms with Crippen LogP contribution in [-0.2, 0) is 6.42 Å². The number of rotatable bonds is 4. The smallest absolute Gasteiger partial charge is 0.317 e. The molecule has 2 heterocycles. The summed E-state index contributed by atoms with van der Waals surface area (Å²) in [7, 11) is 0. The third-order valence-electron chi connectivity index (χ3n) is 5.04. The van der Waals surface area contributed by atoms with Gasteiger partial charge in [0.05, 0.1) is 0 Å². The van der Waals surface area contributed by atoms with Gasteiger partial charge in [-0.25, -0.2) is 4.79 Å². The zero-order valence-electron chi connectivity index (χ0n) is 13.3. The SMILES string of the molecule is O=C(NCCCc1ccccc1)N1CCC[C@@]2(CCNC2)C1. The molecule has 0 aromatic heterocycles. The highest BCUT2D eigenvalue weighted by atomic mass is 16.2. The van der Waals surface area contributed by atoms with Crippen LogP contribution in [0, 0.1) is 5.41 Å². The van der Waals surface area contributed by atoms with Gasteiger partial charge in [-0.2, -0.15) is 0 Å². The molecule has 0 bridgehead atoms. The molecule has 2 saturated heterocycles. The van der Waals surface area contributed by atoms with Gasteiger partial charge in [-0.1, -0.05) is 30.3 Å². The van der Waals surface area contributed by atoms with Crippen molar-refractivity contribution in [2.75, 3.05) is 32.7 Å². The predicted molar refractivity (Wildman–Crippen MR) is 88.9 cm³/mol. The van der Waals surface area contributed by atoms with Gasteiger partial charge >= 0.3 is 6.03 Å². The van der Waals surface area contributed by atoms with Gasteiger partial charge in [0.1, 0.15) is 0 Å². The number of hydrogen-bond donors (Lipinski definition) is 2. The van der Waals surface area contributed by atoms with E-state index in [-0.39, 0.29) is 6.03 Å². The van der Waals surface area contributed by atoms with Gasteiger partial charge < -0.3 is 15.5 Å².